The summed E-state index contributed by atoms with van der Waals surface area (Å²) in [5.74, 6) is -0.265. The Balaban J connectivity index is 1.56. The molecule has 0 spiro atoms. The highest BCUT2D eigenvalue weighted by Crippen LogP contribution is 2.11. The fourth-order valence-electron chi connectivity index (χ4n) is 2.61. The first-order chi connectivity index (χ1) is 13.5. The van der Waals surface area contributed by atoms with Crippen LogP contribution in [0.5, 0.6) is 0 Å². The monoisotopic (exact) mass is 399 g/mol. The van der Waals surface area contributed by atoms with E-state index >= 15 is 0 Å². The van der Waals surface area contributed by atoms with Crippen molar-refractivity contribution in [3.63, 3.8) is 0 Å². The summed E-state index contributed by atoms with van der Waals surface area (Å²) in [7, 11) is -3.52. The lowest BCUT2D eigenvalue weighted by atomic mass is 10.1. The van der Waals surface area contributed by atoms with E-state index in [0.29, 0.717) is 25.2 Å². The molecule has 3 rings (SSSR count). The van der Waals surface area contributed by atoms with Crippen LogP contribution in [0, 0.1) is 0 Å². The Bertz CT molecular complexity index is 1010. The lowest BCUT2D eigenvalue weighted by molar-refractivity contribution is 0.0951. The van der Waals surface area contributed by atoms with Crippen molar-refractivity contribution in [2.45, 2.75) is 24.9 Å². The van der Waals surface area contributed by atoms with E-state index in [-0.39, 0.29) is 10.8 Å². The third-order valence-corrected chi connectivity index (χ3v) is 5.61. The minimum Gasteiger partial charge on any atom is -0.348 e. The SMILES string of the molecule is CCNS(=O)(=O)c1ccc(C(=O)NCc2ccc(Cn3cncn3)cc2)cc1. The molecule has 3 aromatic rings. The Labute approximate surface area is 163 Å². The molecule has 0 aliphatic carbocycles. The molecule has 0 atom stereocenters. The van der Waals surface area contributed by atoms with E-state index in [0.717, 1.165) is 11.1 Å². The summed E-state index contributed by atoms with van der Waals surface area (Å²) >= 11 is 0. The van der Waals surface area contributed by atoms with Gasteiger partial charge in [-0.25, -0.2) is 22.8 Å². The summed E-state index contributed by atoms with van der Waals surface area (Å²) in [6, 6.07) is 13.7. The first-order valence-corrected chi connectivity index (χ1v) is 10.2. The molecule has 2 aromatic carbocycles. The maximum absolute atomic E-state index is 12.3. The highest BCUT2D eigenvalue weighted by Gasteiger charge is 2.13. The number of rotatable bonds is 8. The molecule has 9 heteroatoms. The Morgan fingerprint density at radius 3 is 2.32 bits per heavy atom. The number of nitrogens with one attached hydrogen (secondary N) is 2. The zero-order valence-electron chi connectivity index (χ0n) is 15.4. The number of hydrogen-bond acceptors (Lipinski definition) is 5. The van der Waals surface area contributed by atoms with Gasteiger partial charge in [-0.2, -0.15) is 5.10 Å². The van der Waals surface area contributed by atoms with Crippen molar-refractivity contribution in [2.24, 2.45) is 0 Å². The van der Waals surface area contributed by atoms with Crippen molar-refractivity contribution in [1.82, 2.24) is 24.8 Å². The molecular weight excluding hydrogens is 378 g/mol. The molecule has 1 amide bonds. The molecule has 1 aromatic heterocycles. The van der Waals surface area contributed by atoms with Crippen LogP contribution in [0.25, 0.3) is 0 Å². The number of nitrogens with zero attached hydrogens (tertiary/aromatic N) is 3. The second-order valence-electron chi connectivity index (χ2n) is 6.12. The number of carbonyl (C=O) groups excluding carboxylic acids is 1. The molecule has 0 saturated heterocycles. The number of aromatic nitrogens is 3. The van der Waals surface area contributed by atoms with Crippen LogP contribution in [0.4, 0.5) is 0 Å². The van der Waals surface area contributed by atoms with Gasteiger partial charge in [0.25, 0.3) is 5.91 Å². The zero-order chi connectivity index (χ0) is 20.0. The molecule has 0 aliphatic heterocycles. The lowest BCUT2D eigenvalue weighted by Gasteiger charge is -2.08. The van der Waals surface area contributed by atoms with Crippen LogP contribution in [0.1, 0.15) is 28.4 Å². The van der Waals surface area contributed by atoms with Crippen LogP contribution >= 0.6 is 0 Å². The van der Waals surface area contributed by atoms with E-state index in [9.17, 15) is 13.2 Å². The van der Waals surface area contributed by atoms with Crippen LogP contribution in [0.3, 0.4) is 0 Å². The number of sulfonamides is 1. The number of amides is 1. The normalized spacial score (nSPS) is 11.3. The van der Waals surface area contributed by atoms with Gasteiger partial charge in [0.2, 0.25) is 10.0 Å². The molecule has 0 fully saturated rings. The number of benzene rings is 2. The predicted octanol–water partition coefficient (Wildman–Crippen LogP) is 1.55. The summed E-state index contributed by atoms with van der Waals surface area (Å²) in [5.41, 5.74) is 2.44. The average Bonchev–Trinajstić information content (AvgIpc) is 3.20. The summed E-state index contributed by atoms with van der Waals surface area (Å²) in [4.78, 5) is 16.3. The largest absolute Gasteiger partial charge is 0.348 e. The third kappa shape index (κ3) is 5.02. The van der Waals surface area contributed by atoms with Crippen LogP contribution in [0.2, 0.25) is 0 Å². The van der Waals surface area contributed by atoms with E-state index in [2.05, 4.69) is 20.1 Å². The third-order valence-electron chi connectivity index (χ3n) is 4.05. The smallest absolute Gasteiger partial charge is 0.251 e. The fraction of sp³-hybridized carbons (Fsp3) is 0.211. The molecule has 8 nitrogen and oxygen atoms in total. The molecule has 1 heterocycles. The average molecular weight is 399 g/mol. The fourth-order valence-corrected chi connectivity index (χ4v) is 3.65. The van der Waals surface area contributed by atoms with Gasteiger partial charge in [-0.3, -0.25) is 4.79 Å². The molecule has 28 heavy (non-hydrogen) atoms. The molecule has 0 aliphatic rings. The second kappa shape index (κ2) is 8.77. The van der Waals surface area contributed by atoms with Crippen molar-refractivity contribution < 1.29 is 13.2 Å². The molecular formula is C19H21N5O3S. The van der Waals surface area contributed by atoms with E-state index in [1.165, 1.54) is 30.6 Å². The van der Waals surface area contributed by atoms with Gasteiger partial charge in [0.1, 0.15) is 12.7 Å². The quantitative estimate of drug-likeness (QED) is 0.598. The van der Waals surface area contributed by atoms with Crippen LogP contribution in [-0.2, 0) is 23.1 Å². The molecule has 0 bridgehead atoms. The van der Waals surface area contributed by atoms with Crippen LogP contribution in [-0.4, -0.2) is 35.6 Å². The zero-order valence-corrected chi connectivity index (χ0v) is 16.2. The maximum atomic E-state index is 12.3. The predicted molar refractivity (Wildman–Crippen MR) is 104 cm³/mol. The van der Waals surface area contributed by atoms with Crippen molar-refractivity contribution >= 4 is 15.9 Å². The lowest BCUT2D eigenvalue weighted by Crippen LogP contribution is -2.24. The van der Waals surface area contributed by atoms with E-state index in [1.807, 2.05) is 24.3 Å². The molecule has 0 saturated carbocycles. The maximum Gasteiger partial charge on any atom is 0.251 e. The minimum atomic E-state index is -3.52. The Hall–Kier alpha value is -3.04. The summed E-state index contributed by atoms with van der Waals surface area (Å²) in [6.07, 6.45) is 3.15. The van der Waals surface area contributed by atoms with Gasteiger partial charge in [0.15, 0.2) is 0 Å². The highest BCUT2D eigenvalue weighted by molar-refractivity contribution is 7.89. The summed E-state index contributed by atoms with van der Waals surface area (Å²) in [6.45, 7) is 3.03. The van der Waals surface area contributed by atoms with Crippen molar-refractivity contribution in [3.8, 4) is 0 Å². The van der Waals surface area contributed by atoms with Crippen molar-refractivity contribution in [2.75, 3.05) is 6.54 Å². The topological polar surface area (TPSA) is 106 Å². The van der Waals surface area contributed by atoms with E-state index < -0.39 is 10.0 Å². The second-order valence-corrected chi connectivity index (χ2v) is 7.88. The first-order valence-electron chi connectivity index (χ1n) is 8.76. The molecule has 0 unspecified atom stereocenters. The number of hydrogen-bond donors (Lipinski definition) is 2. The van der Waals surface area contributed by atoms with Crippen LogP contribution < -0.4 is 10.0 Å². The van der Waals surface area contributed by atoms with Gasteiger partial charge in [0, 0.05) is 18.7 Å². The Morgan fingerprint density at radius 1 is 1.04 bits per heavy atom. The van der Waals surface area contributed by atoms with E-state index in [4.69, 9.17) is 0 Å². The van der Waals surface area contributed by atoms with Crippen LogP contribution in [0.15, 0.2) is 66.1 Å². The highest BCUT2D eigenvalue weighted by atomic mass is 32.2. The summed E-state index contributed by atoms with van der Waals surface area (Å²) in [5, 5.41) is 6.90. The van der Waals surface area contributed by atoms with Gasteiger partial charge >= 0.3 is 0 Å². The van der Waals surface area contributed by atoms with Gasteiger partial charge in [-0.05, 0) is 35.4 Å². The standard InChI is InChI=1S/C19H21N5O3S/c1-2-23-28(26,27)18-9-7-17(8-10-18)19(25)21-11-15-3-5-16(6-4-15)12-24-14-20-13-22-24/h3-10,13-14,23H,2,11-12H2,1H3,(H,21,25). The Morgan fingerprint density at radius 2 is 1.71 bits per heavy atom. The van der Waals surface area contributed by atoms with Gasteiger partial charge in [-0.1, -0.05) is 31.2 Å². The molecule has 0 radical (unpaired) electrons. The van der Waals surface area contributed by atoms with Gasteiger partial charge in [-0.15, -0.1) is 0 Å². The minimum absolute atomic E-state index is 0.133. The Kier molecular flexibility index (Phi) is 6.17. The first kappa shape index (κ1) is 19.7. The number of carbonyl (C=O) groups is 1. The van der Waals surface area contributed by atoms with Gasteiger partial charge in [0.05, 0.1) is 11.4 Å². The van der Waals surface area contributed by atoms with Gasteiger partial charge < -0.3 is 5.32 Å². The molecule has 2 N–H and O–H groups in total. The van der Waals surface area contributed by atoms with Crippen molar-refractivity contribution in [3.05, 3.63) is 77.9 Å². The van der Waals surface area contributed by atoms with Crippen molar-refractivity contribution in [1.29, 1.82) is 0 Å². The molecule has 146 valence electrons. The summed E-state index contributed by atoms with van der Waals surface area (Å²) < 4.78 is 28.0. The van der Waals surface area contributed by atoms with E-state index in [1.54, 1.807) is 17.9 Å².